The summed E-state index contributed by atoms with van der Waals surface area (Å²) in [6, 6.07) is 7.48. The van der Waals surface area contributed by atoms with Gasteiger partial charge in [-0.25, -0.2) is 4.98 Å². The first-order valence-electron chi connectivity index (χ1n) is 7.10. The number of carbonyl (C=O) groups excluding carboxylic acids is 1. The summed E-state index contributed by atoms with van der Waals surface area (Å²) < 4.78 is 11.0. The van der Waals surface area contributed by atoms with Gasteiger partial charge in [-0.15, -0.1) is 0 Å². The van der Waals surface area contributed by atoms with Crippen molar-refractivity contribution < 1.29 is 13.9 Å². The molecule has 0 spiro atoms. The van der Waals surface area contributed by atoms with E-state index in [2.05, 4.69) is 10.3 Å². The van der Waals surface area contributed by atoms with Gasteiger partial charge < -0.3 is 14.5 Å². The molecule has 1 aliphatic heterocycles. The number of aryl methyl sites for hydroxylation is 2. The van der Waals surface area contributed by atoms with Gasteiger partial charge in [0.2, 0.25) is 5.89 Å². The largest absolute Gasteiger partial charge is 0.441 e. The van der Waals surface area contributed by atoms with Gasteiger partial charge >= 0.3 is 0 Å². The molecule has 1 amide bonds. The number of oxazole rings is 1. The summed E-state index contributed by atoms with van der Waals surface area (Å²) in [5.74, 6) is 1.28. The Hall–Kier alpha value is -2.14. The summed E-state index contributed by atoms with van der Waals surface area (Å²) in [6.07, 6.45) is 1.39. The molecule has 1 aromatic heterocycles. The van der Waals surface area contributed by atoms with Crippen molar-refractivity contribution in [3.8, 4) is 11.5 Å². The van der Waals surface area contributed by atoms with E-state index in [1.165, 1.54) is 0 Å². The molecule has 1 atom stereocenters. The van der Waals surface area contributed by atoms with E-state index in [-0.39, 0.29) is 12.0 Å². The standard InChI is InChI=1S/C16H18N2O3/c1-10-11(2)21-16(17-10)12-5-3-6-13(9-12)18-15(19)14-7-4-8-20-14/h3,5-6,9,14H,4,7-8H2,1-2H3,(H,18,19). The predicted octanol–water partition coefficient (Wildman–Crippen LogP) is 3.08. The lowest BCUT2D eigenvalue weighted by Crippen LogP contribution is -2.26. The number of nitrogens with one attached hydrogen (secondary N) is 1. The van der Waals surface area contributed by atoms with Gasteiger partial charge in [0.05, 0.1) is 5.69 Å². The summed E-state index contributed by atoms with van der Waals surface area (Å²) in [6.45, 7) is 4.45. The Morgan fingerprint density at radius 3 is 2.90 bits per heavy atom. The molecule has 0 aliphatic carbocycles. The third-order valence-corrected chi connectivity index (χ3v) is 3.63. The van der Waals surface area contributed by atoms with Gasteiger partial charge in [0.25, 0.3) is 5.91 Å². The SMILES string of the molecule is Cc1nc(-c2cccc(NC(=O)C3CCCO3)c2)oc1C. The molecule has 110 valence electrons. The molecule has 1 unspecified atom stereocenters. The monoisotopic (exact) mass is 286 g/mol. The van der Waals surface area contributed by atoms with Crippen LogP contribution in [0.4, 0.5) is 5.69 Å². The smallest absolute Gasteiger partial charge is 0.253 e. The van der Waals surface area contributed by atoms with Gasteiger partial charge in [0.15, 0.2) is 0 Å². The number of rotatable bonds is 3. The van der Waals surface area contributed by atoms with Crippen LogP contribution in [0.1, 0.15) is 24.3 Å². The quantitative estimate of drug-likeness (QED) is 0.941. The Bertz CT molecular complexity index is 638. The lowest BCUT2D eigenvalue weighted by Gasteiger charge is -2.10. The highest BCUT2D eigenvalue weighted by molar-refractivity contribution is 5.94. The van der Waals surface area contributed by atoms with Crippen LogP contribution in [0.15, 0.2) is 28.7 Å². The Morgan fingerprint density at radius 1 is 1.38 bits per heavy atom. The van der Waals surface area contributed by atoms with Crippen LogP contribution in [-0.2, 0) is 9.53 Å². The first-order valence-corrected chi connectivity index (χ1v) is 7.10. The lowest BCUT2D eigenvalue weighted by atomic mass is 10.2. The molecule has 1 saturated heterocycles. The fourth-order valence-electron chi connectivity index (χ4n) is 2.33. The number of hydrogen-bond donors (Lipinski definition) is 1. The van der Waals surface area contributed by atoms with E-state index in [0.717, 1.165) is 35.5 Å². The van der Waals surface area contributed by atoms with Crippen LogP contribution in [0.3, 0.4) is 0 Å². The lowest BCUT2D eigenvalue weighted by molar-refractivity contribution is -0.124. The molecule has 21 heavy (non-hydrogen) atoms. The van der Waals surface area contributed by atoms with Crippen LogP contribution in [0.5, 0.6) is 0 Å². The van der Waals surface area contributed by atoms with Crippen molar-refractivity contribution in [2.45, 2.75) is 32.8 Å². The van der Waals surface area contributed by atoms with Gasteiger partial charge in [-0.2, -0.15) is 0 Å². The van der Waals surface area contributed by atoms with E-state index in [1.807, 2.05) is 38.1 Å². The third-order valence-electron chi connectivity index (χ3n) is 3.63. The maximum absolute atomic E-state index is 12.0. The topological polar surface area (TPSA) is 64.4 Å². The number of benzene rings is 1. The highest BCUT2D eigenvalue weighted by atomic mass is 16.5. The Kier molecular flexibility index (Phi) is 3.75. The van der Waals surface area contributed by atoms with Gasteiger partial charge in [-0.1, -0.05) is 6.07 Å². The van der Waals surface area contributed by atoms with Crippen LogP contribution in [0.25, 0.3) is 11.5 Å². The predicted molar refractivity (Wildman–Crippen MR) is 79.0 cm³/mol. The summed E-state index contributed by atoms with van der Waals surface area (Å²) in [5.41, 5.74) is 2.44. The zero-order valence-corrected chi connectivity index (χ0v) is 12.2. The van der Waals surface area contributed by atoms with E-state index in [9.17, 15) is 4.79 Å². The highest BCUT2D eigenvalue weighted by Gasteiger charge is 2.23. The number of anilines is 1. The molecule has 0 radical (unpaired) electrons. The minimum absolute atomic E-state index is 0.0931. The molecular formula is C16H18N2O3. The normalized spacial score (nSPS) is 17.9. The van der Waals surface area contributed by atoms with Gasteiger partial charge in [-0.05, 0) is 44.9 Å². The van der Waals surface area contributed by atoms with E-state index in [4.69, 9.17) is 9.15 Å². The van der Waals surface area contributed by atoms with Gasteiger partial charge in [-0.3, -0.25) is 4.79 Å². The molecule has 3 rings (SSSR count). The molecule has 2 heterocycles. The van der Waals surface area contributed by atoms with Crippen LogP contribution in [0.2, 0.25) is 0 Å². The first-order chi connectivity index (χ1) is 10.1. The molecule has 1 aromatic carbocycles. The van der Waals surface area contributed by atoms with Crippen molar-refractivity contribution in [3.05, 3.63) is 35.7 Å². The summed E-state index contributed by atoms with van der Waals surface area (Å²) in [5, 5.41) is 2.88. The van der Waals surface area contributed by atoms with Crippen molar-refractivity contribution in [2.24, 2.45) is 0 Å². The van der Waals surface area contributed by atoms with Crippen LogP contribution in [0, 0.1) is 13.8 Å². The van der Waals surface area contributed by atoms with E-state index in [0.29, 0.717) is 12.5 Å². The Morgan fingerprint density at radius 2 is 2.24 bits per heavy atom. The minimum atomic E-state index is -0.333. The van der Waals surface area contributed by atoms with Crippen LogP contribution >= 0.6 is 0 Å². The summed E-state index contributed by atoms with van der Waals surface area (Å²) >= 11 is 0. The Labute approximate surface area is 123 Å². The molecule has 0 saturated carbocycles. The number of amides is 1. The maximum Gasteiger partial charge on any atom is 0.253 e. The van der Waals surface area contributed by atoms with Crippen molar-refractivity contribution >= 4 is 11.6 Å². The molecular weight excluding hydrogens is 268 g/mol. The Balaban J connectivity index is 1.78. The second-order valence-electron chi connectivity index (χ2n) is 5.23. The van der Waals surface area contributed by atoms with Gasteiger partial charge in [0, 0.05) is 17.9 Å². The van der Waals surface area contributed by atoms with Crippen molar-refractivity contribution in [1.82, 2.24) is 4.98 Å². The molecule has 5 heteroatoms. The second kappa shape index (κ2) is 5.69. The van der Waals surface area contributed by atoms with Crippen molar-refractivity contribution in [2.75, 3.05) is 11.9 Å². The highest BCUT2D eigenvalue weighted by Crippen LogP contribution is 2.24. The summed E-state index contributed by atoms with van der Waals surface area (Å²) in [7, 11) is 0. The van der Waals surface area contributed by atoms with Crippen molar-refractivity contribution in [3.63, 3.8) is 0 Å². The maximum atomic E-state index is 12.0. The molecule has 5 nitrogen and oxygen atoms in total. The second-order valence-corrected chi connectivity index (χ2v) is 5.23. The average molecular weight is 286 g/mol. The molecule has 1 fully saturated rings. The fourth-order valence-corrected chi connectivity index (χ4v) is 2.33. The van der Waals surface area contributed by atoms with E-state index < -0.39 is 0 Å². The van der Waals surface area contributed by atoms with Crippen LogP contribution < -0.4 is 5.32 Å². The fraction of sp³-hybridized carbons (Fsp3) is 0.375. The van der Waals surface area contributed by atoms with E-state index >= 15 is 0 Å². The summed E-state index contributed by atoms with van der Waals surface area (Å²) in [4.78, 5) is 16.4. The number of aromatic nitrogens is 1. The number of nitrogens with zero attached hydrogens (tertiary/aromatic N) is 1. The third kappa shape index (κ3) is 2.97. The number of hydrogen-bond acceptors (Lipinski definition) is 4. The minimum Gasteiger partial charge on any atom is -0.441 e. The zero-order valence-electron chi connectivity index (χ0n) is 12.2. The molecule has 0 bridgehead atoms. The zero-order chi connectivity index (χ0) is 14.8. The van der Waals surface area contributed by atoms with E-state index in [1.54, 1.807) is 0 Å². The van der Waals surface area contributed by atoms with Crippen molar-refractivity contribution in [1.29, 1.82) is 0 Å². The average Bonchev–Trinajstić information content (AvgIpc) is 3.10. The molecule has 2 aromatic rings. The number of carbonyl (C=O) groups is 1. The number of ether oxygens (including phenoxy) is 1. The molecule has 1 N–H and O–H groups in total. The molecule has 1 aliphatic rings. The first kappa shape index (κ1) is 13.8. The van der Waals surface area contributed by atoms with Crippen LogP contribution in [-0.4, -0.2) is 23.6 Å². The van der Waals surface area contributed by atoms with Gasteiger partial charge in [0.1, 0.15) is 11.9 Å².